The van der Waals surface area contributed by atoms with Crippen molar-refractivity contribution in [2.75, 3.05) is 0 Å². The minimum absolute atomic E-state index is 1.16. The topological polar surface area (TPSA) is 4.93 Å². The van der Waals surface area contributed by atoms with Gasteiger partial charge in [-0.05, 0) is 97.4 Å². The van der Waals surface area contributed by atoms with E-state index in [1.54, 1.807) is 0 Å². The molecule has 52 heavy (non-hydrogen) atoms. The monoisotopic (exact) mass is 677 g/mol. The molecule has 0 bridgehead atoms. The Balaban J connectivity index is 1.29. The molecular formula is C50H31NS. The first kappa shape index (κ1) is 29.3. The van der Waals surface area contributed by atoms with E-state index in [0.29, 0.717) is 0 Å². The second kappa shape index (κ2) is 11.5. The van der Waals surface area contributed by atoms with Crippen molar-refractivity contribution in [3.8, 4) is 39.1 Å². The summed E-state index contributed by atoms with van der Waals surface area (Å²) in [5, 5.41) is 10.3. The van der Waals surface area contributed by atoms with Gasteiger partial charge in [-0.1, -0.05) is 146 Å². The predicted molar refractivity (Wildman–Crippen MR) is 225 cm³/mol. The number of benzene rings is 9. The lowest BCUT2D eigenvalue weighted by Gasteiger charge is -2.12. The average molecular weight is 678 g/mol. The minimum atomic E-state index is 1.16. The zero-order valence-corrected chi connectivity index (χ0v) is 29.1. The number of nitrogens with zero attached hydrogens (tertiary/aromatic N) is 1. The van der Waals surface area contributed by atoms with Gasteiger partial charge in [0.1, 0.15) is 0 Å². The van der Waals surface area contributed by atoms with E-state index < -0.39 is 0 Å². The molecule has 0 aliphatic rings. The van der Waals surface area contributed by atoms with Gasteiger partial charge in [0.2, 0.25) is 0 Å². The van der Waals surface area contributed by atoms with Gasteiger partial charge in [-0.3, -0.25) is 0 Å². The summed E-state index contributed by atoms with van der Waals surface area (Å²) in [5.74, 6) is 0. The van der Waals surface area contributed by atoms with E-state index in [1.165, 1.54) is 96.9 Å². The fourth-order valence-electron chi connectivity index (χ4n) is 8.33. The van der Waals surface area contributed by atoms with Crippen LogP contribution in [0.4, 0.5) is 0 Å². The Morgan fingerprint density at radius 1 is 0.346 bits per heavy atom. The maximum atomic E-state index is 2.48. The van der Waals surface area contributed by atoms with Crippen molar-refractivity contribution in [1.82, 2.24) is 4.57 Å². The van der Waals surface area contributed by atoms with Crippen molar-refractivity contribution >= 4 is 74.9 Å². The van der Waals surface area contributed by atoms with Gasteiger partial charge in [0, 0.05) is 36.6 Å². The maximum absolute atomic E-state index is 2.48. The minimum Gasteiger partial charge on any atom is -0.309 e. The number of para-hydroxylation sites is 1. The summed E-state index contributed by atoms with van der Waals surface area (Å²) in [6.45, 7) is 0. The first-order valence-corrected chi connectivity index (χ1v) is 18.7. The molecular weight excluding hydrogens is 647 g/mol. The molecule has 0 unspecified atom stereocenters. The molecule has 0 aliphatic carbocycles. The third-order valence-corrected chi connectivity index (χ3v) is 11.9. The summed E-state index contributed by atoms with van der Waals surface area (Å²) in [5.41, 5.74) is 11.0. The van der Waals surface area contributed by atoms with Crippen molar-refractivity contribution in [3.63, 3.8) is 0 Å². The van der Waals surface area contributed by atoms with Crippen LogP contribution in [0.5, 0.6) is 0 Å². The Kier molecular flexibility index (Phi) is 6.49. The Labute approximate surface area is 305 Å². The van der Waals surface area contributed by atoms with Crippen LogP contribution in [-0.2, 0) is 0 Å². The molecule has 9 aromatic carbocycles. The molecule has 0 aliphatic heterocycles. The zero-order chi connectivity index (χ0) is 34.2. The van der Waals surface area contributed by atoms with E-state index in [9.17, 15) is 0 Å². The summed E-state index contributed by atoms with van der Waals surface area (Å²) < 4.78 is 5.11. The summed E-state index contributed by atoms with van der Waals surface area (Å²) >= 11 is 1.92. The first-order valence-electron chi connectivity index (χ1n) is 17.8. The van der Waals surface area contributed by atoms with Crippen LogP contribution in [0.15, 0.2) is 188 Å². The lowest BCUT2D eigenvalue weighted by atomic mass is 9.93. The van der Waals surface area contributed by atoms with Crippen LogP contribution >= 0.6 is 11.3 Å². The van der Waals surface area contributed by atoms with Crippen molar-refractivity contribution in [2.24, 2.45) is 0 Å². The molecule has 0 radical (unpaired) electrons. The fraction of sp³-hybridized carbons (Fsp3) is 0. The highest BCUT2D eigenvalue weighted by molar-refractivity contribution is 7.27. The van der Waals surface area contributed by atoms with E-state index in [1.807, 2.05) is 11.3 Å². The Morgan fingerprint density at radius 3 is 1.90 bits per heavy atom. The molecule has 1 nitrogen and oxygen atoms in total. The maximum Gasteiger partial charge on any atom is 0.0561 e. The number of aromatic nitrogens is 1. The van der Waals surface area contributed by atoms with Crippen LogP contribution in [-0.4, -0.2) is 4.57 Å². The van der Waals surface area contributed by atoms with Crippen LogP contribution in [0.2, 0.25) is 0 Å². The zero-order valence-electron chi connectivity index (χ0n) is 28.3. The summed E-state index contributed by atoms with van der Waals surface area (Å²) in [6, 6.07) is 69.2. The largest absolute Gasteiger partial charge is 0.309 e. The van der Waals surface area contributed by atoms with Gasteiger partial charge in [0.05, 0.1) is 11.0 Å². The predicted octanol–water partition coefficient (Wildman–Crippen LogP) is 14.5. The van der Waals surface area contributed by atoms with E-state index >= 15 is 0 Å². The molecule has 0 fully saturated rings. The molecule has 2 aromatic heterocycles. The number of fused-ring (bicyclic) bond motifs is 9. The van der Waals surface area contributed by atoms with Crippen molar-refractivity contribution in [3.05, 3.63) is 188 Å². The normalized spacial score (nSPS) is 11.8. The molecule has 11 rings (SSSR count). The Morgan fingerprint density at radius 2 is 1.04 bits per heavy atom. The number of hydrogen-bond acceptors (Lipinski definition) is 1. The fourth-order valence-corrected chi connectivity index (χ4v) is 9.59. The van der Waals surface area contributed by atoms with Gasteiger partial charge in [-0.15, -0.1) is 11.3 Å². The van der Waals surface area contributed by atoms with Crippen LogP contribution in [0, 0.1) is 0 Å². The number of thiophene rings is 1. The highest BCUT2D eigenvalue weighted by Crippen LogP contribution is 2.49. The molecule has 0 saturated carbocycles. The second-order valence-electron chi connectivity index (χ2n) is 13.7. The molecule has 2 heterocycles. The summed E-state index contributed by atoms with van der Waals surface area (Å²) in [4.78, 5) is 0. The molecule has 242 valence electrons. The second-order valence-corrected chi connectivity index (χ2v) is 14.7. The van der Waals surface area contributed by atoms with Gasteiger partial charge in [0.15, 0.2) is 0 Å². The number of rotatable bonds is 4. The quantitative estimate of drug-likeness (QED) is 0.175. The molecule has 0 saturated heterocycles. The highest BCUT2D eigenvalue weighted by Gasteiger charge is 2.22. The van der Waals surface area contributed by atoms with Gasteiger partial charge < -0.3 is 4.57 Å². The van der Waals surface area contributed by atoms with Crippen molar-refractivity contribution in [2.45, 2.75) is 0 Å². The van der Waals surface area contributed by atoms with Gasteiger partial charge in [-0.2, -0.15) is 0 Å². The molecule has 2 heteroatoms. The first-order chi connectivity index (χ1) is 25.8. The highest BCUT2D eigenvalue weighted by atomic mass is 32.1. The molecule has 0 spiro atoms. The van der Waals surface area contributed by atoms with E-state index in [-0.39, 0.29) is 0 Å². The van der Waals surface area contributed by atoms with E-state index in [2.05, 4.69) is 193 Å². The molecule has 0 amide bonds. The van der Waals surface area contributed by atoms with Crippen LogP contribution in [0.1, 0.15) is 0 Å². The van der Waals surface area contributed by atoms with Gasteiger partial charge >= 0.3 is 0 Å². The average Bonchev–Trinajstić information content (AvgIpc) is 3.76. The summed E-state index contributed by atoms with van der Waals surface area (Å²) in [6.07, 6.45) is 0. The van der Waals surface area contributed by atoms with E-state index in [0.717, 1.165) is 5.69 Å². The SMILES string of the molecule is c1ccc(-c2ccc3c4c5sc6ccc(-c7cccc8ccccc78)cc6c5c(-c5ccc6ccccc6c5)cc4n(-c4ccccc4)c3c2)cc1. The van der Waals surface area contributed by atoms with Crippen LogP contribution in [0.3, 0.4) is 0 Å². The van der Waals surface area contributed by atoms with E-state index in [4.69, 9.17) is 0 Å². The standard InChI is InChI=1S/C50H31NS/c1-3-12-32(13-4-1)36-24-26-42-45(30-36)51(39-18-5-2-6-19-39)46-31-43(37-23-22-33-14-7-8-16-35(33)28-37)48-44-29-38(25-27-47(44)52-50(48)49(42)46)41-21-11-17-34-15-9-10-20-40(34)41/h1-31H. The molecule has 0 atom stereocenters. The van der Waals surface area contributed by atoms with Crippen molar-refractivity contribution in [1.29, 1.82) is 0 Å². The smallest absolute Gasteiger partial charge is 0.0561 e. The Bertz CT molecular complexity index is 3160. The summed E-state index contributed by atoms with van der Waals surface area (Å²) in [7, 11) is 0. The van der Waals surface area contributed by atoms with Gasteiger partial charge in [-0.25, -0.2) is 0 Å². The van der Waals surface area contributed by atoms with Crippen LogP contribution in [0.25, 0.3) is 103 Å². The Hall–Kier alpha value is -6.48. The lowest BCUT2D eigenvalue weighted by Crippen LogP contribution is -1.94. The van der Waals surface area contributed by atoms with Gasteiger partial charge in [0.25, 0.3) is 0 Å². The lowest BCUT2D eigenvalue weighted by molar-refractivity contribution is 1.18. The molecule has 0 N–H and O–H groups in total. The third kappa shape index (κ3) is 4.48. The molecule has 11 aromatic rings. The van der Waals surface area contributed by atoms with Crippen molar-refractivity contribution < 1.29 is 0 Å². The number of hydrogen-bond donors (Lipinski definition) is 0. The third-order valence-electron chi connectivity index (χ3n) is 10.8. The van der Waals surface area contributed by atoms with Crippen LogP contribution < -0.4 is 0 Å².